The van der Waals surface area contributed by atoms with Crippen LogP contribution in [0.4, 0.5) is 0 Å². The minimum atomic E-state index is -0.472. The van der Waals surface area contributed by atoms with Gasteiger partial charge in [-0.2, -0.15) is 0 Å². The number of nitrogens with zero attached hydrogens (tertiary/aromatic N) is 1. The number of fused-ring (bicyclic) bond motifs is 1. The minimum Gasteiger partial charge on any atom is -0.497 e. The van der Waals surface area contributed by atoms with Crippen LogP contribution in [-0.4, -0.2) is 23.3 Å². The van der Waals surface area contributed by atoms with Crippen LogP contribution < -0.4 is 10.5 Å². The highest BCUT2D eigenvalue weighted by atomic mass is 16.5. The molecule has 1 heterocycles. The van der Waals surface area contributed by atoms with Crippen LogP contribution in [0, 0.1) is 0 Å². The van der Waals surface area contributed by atoms with Crippen LogP contribution in [0.3, 0.4) is 0 Å². The lowest BCUT2D eigenvalue weighted by Gasteiger charge is -2.05. The summed E-state index contributed by atoms with van der Waals surface area (Å²) in [6, 6.07) is 5.91. The number of aryl methyl sites for hydroxylation is 1. The van der Waals surface area contributed by atoms with Gasteiger partial charge < -0.3 is 20.1 Å². The predicted molar refractivity (Wildman–Crippen MR) is 72.8 cm³/mol. The molecule has 0 spiro atoms. The van der Waals surface area contributed by atoms with E-state index in [4.69, 9.17) is 10.5 Å². The molecular formula is C14H20N2O2. The molecule has 2 aromatic rings. The average molecular weight is 248 g/mol. The van der Waals surface area contributed by atoms with Gasteiger partial charge in [0.1, 0.15) is 5.75 Å². The van der Waals surface area contributed by atoms with Crippen LogP contribution in [-0.2, 0) is 6.54 Å². The molecule has 1 unspecified atom stereocenters. The van der Waals surface area contributed by atoms with E-state index in [0.29, 0.717) is 6.54 Å². The zero-order valence-electron chi connectivity index (χ0n) is 10.9. The number of ether oxygens (including phenoxy) is 1. The van der Waals surface area contributed by atoms with Crippen molar-refractivity contribution in [3.8, 4) is 5.75 Å². The Morgan fingerprint density at radius 2 is 2.22 bits per heavy atom. The van der Waals surface area contributed by atoms with Gasteiger partial charge in [0, 0.05) is 29.8 Å². The first-order chi connectivity index (χ1) is 8.67. The van der Waals surface area contributed by atoms with Gasteiger partial charge in [-0.3, -0.25) is 0 Å². The summed E-state index contributed by atoms with van der Waals surface area (Å²) in [5.41, 5.74) is 7.59. The Balaban J connectivity index is 2.53. The molecule has 18 heavy (non-hydrogen) atoms. The second-order valence-electron chi connectivity index (χ2n) is 4.48. The molecule has 0 saturated carbocycles. The molecule has 0 aliphatic rings. The molecule has 0 radical (unpaired) electrons. The number of nitrogens with two attached hydrogens (primary N) is 1. The van der Waals surface area contributed by atoms with E-state index in [9.17, 15) is 5.11 Å². The van der Waals surface area contributed by atoms with Gasteiger partial charge in [0.25, 0.3) is 0 Å². The largest absolute Gasteiger partial charge is 0.497 e. The lowest BCUT2D eigenvalue weighted by molar-refractivity contribution is 0.200. The van der Waals surface area contributed by atoms with E-state index in [2.05, 4.69) is 4.57 Å². The number of hydrogen-bond donors (Lipinski definition) is 2. The molecule has 0 aliphatic carbocycles. The molecule has 1 aromatic carbocycles. The van der Waals surface area contributed by atoms with Gasteiger partial charge in [-0.25, -0.2) is 0 Å². The third-order valence-electron chi connectivity index (χ3n) is 3.17. The van der Waals surface area contributed by atoms with Crippen molar-refractivity contribution in [1.82, 2.24) is 4.57 Å². The minimum absolute atomic E-state index is 0.472. The molecule has 4 nitrogen and oxygen atoms in total. The van der Waals surface area contributed by atoms with E-state index < -0.39 is 6.10 Å². The van der Waals surface area contributed by atoms with E-state index in [1.807, 2.05) is 24.4 Å². The molecule has 98 valence electrons. The number of aliphatic hydroxyl groups excluding tert-OH is 1. The summed E-state index contributed by atoms with van der Waals surface area (Å²) in [6.07, 6.45) is 2.45. The maximum atomic E-state index is 9.82. The van der Waals surface area contributed by atoms with Crippen LogP contribution in [0.5, 0.6) is 5.75 Å². The molecule has 4 heteroatoms. The second kappa shape index (κ2) is 5.42. The Labute approximate surface area is 107 Å². The van der Waals surface area contributed by atoms with Crippen LogP contribution in [0.2, 0.25) is 0 Å². The Bertz CT molecular complexity index is 532. The lowest BCUT2D eigenvalue weighted by Crippen LogP contribution is -2.04. The molecule has 0 saturated heterocycles. The molecule has 0 bridgehead atoms. The second-order valence-corrected chi connectivity index (χ2v) is 4.48. The molecule has 0 aliphatic heterocycles. The summed E-state index contributed by atoms with van der Waals surface area (Å²) in [6.45, 7) is 3.30. The van der Waals surface area contributed by atoms with Gasteiger partial charge in [0.05, 0.1) is 18.7 Å². The van der Waals surface area contributed by atoms with E-state index in [-0.39, 0.29) is 0 Å². The Kier molecular flexibility index (Phi) is 3.89. The number of hydrogen-bond acceptors (Lipinski definition) is 3. The average Bonchev–Trinajstić information content (AvgIpc) is 2.74. The quantitative estimate of drug-likeness (QED) is 0.851. The van der Waals surface area contributed by atoms with E-state index in [1.54, 1.807) is 14.0 Å². The fourth-order valence-electron chi connectivity index (χ4n) is 2.21. The first kappa shape index (κ1) is 12.9. The summed E-state index contributed by atoms with van der Waals surface area (Å²) < 4.78 is 7.38. The highest BCUT2D eigenvalue weighted by molar-refractivity contribution is 5.85. The molecule has 0 fully saturated rings. The van der Waals surface area contributed by atoms with E-state index in [0.717, 1.165) is 35.2 Å². The number of rotatable bonds is 5. The maximum absolute atomic E-state index is 9.82. The van der Waals surface area contributed by atoms with Crippen LogP contribution in [0.15, 0.2) is 24.4 Å². The number of benzene rings is 1. The van der Waals surface area contributed by atoms with Gasteiger partial charge in [-0.15, -0.1) is 0 Å². The Morgan fingerprint density at radius 3 is 2.83 bits per heavy atom. The normalized spacial score (nSPS) is 12.9. The molecule has 2 rings (SSSR count). The van der Waals surface area contributed by atoms with Gasteiger partial charge in [0.2, 0.25) is 0 Å². The standard InChI is InChI=1S/C14H20N2O2/c1-10(17)13-9-16(7-3-6-15)14-8-11(18-2)4-5-12(13)14/h4-5,8-10,17H,3,6-7,15H2,1-2H3. The summed E-state index contributed by atoms with van der Waals surface area (Å²) in [4.78, 5) is 0. The van der Waals surface area contributed by atoms with Crippen molar-refractivity contribution in [3.05, 3.63) is 30.0 Å². The van der Waals surface area contributed by atoms with Crippen molar-refractivity contribution in [2.75, 3.05) is 13.7 Å². The fraction of sp³-hybridized carbons (Fsp3) is 0.429. The van der Waals surface area contributed by atoms with Crippen molar-refractivity contribution in [3.63, 3.8) is 0 Å². The summed E-state index contributed by atoms with van der Waals surface area (Å²) in [7, 11) is 1.66. The third kappa shape index (κ3) is 2.35. The smallest absolute Gasteiger partial charge is 0.120 e. The van der Waals surface area contributed by atoms with E-state index >= 15 is 0 Å². The van der Waals surface area contributed by atoms with Crippen LogP contribution in [0.25, 0.3) is 10.9 Å². The highest BCUT2D eigenvalue weighted by Crippen LogP contribution is 2.29. The van der Waals surface area contributed by atoms with Crippen molar-refractivity contribution < 1.29 is 9.84 Å². The third-order valence-corrected chi connectivity index (χ3v) is 3.17. The SMILES string of the molecule is COc1ccc2c(C(C)O)cn(CCCN)c2c1. The Morgan fingerprint density at radius 1 is 1.44 bits per heavy atom. The number of methoxy groups -OCH3 is 1. The van der Waals surface area contributed by atoms with Crippen molar-refractivity contribution >= 4 is 10.9 Å². The molecule has 0 amide bonds. The fourth-order valence-corrected chi connectivity index (χ4v) is 2.21. The first-order valence-corrected chi connectivity index (χ1v) is 6.22. The first-order valence-electron chi connectivity index (χ1n) is 6.22. The summed E-state index contributed by atoms with van der Waals surface area (Å²) in [5.74, 6) is 0.826. The van der Waals surface area contributed by atoms with Gasteiger partial charge in [-0.1, -0.05) is 0 Å². The van der Waals surface area contributed by atoms with Crippen molar-refractivity contribution in [2.24, 2.45) is 5.73 Å². The van der Waals surface area contributed by atoms with Gasteiger partial charge in [0.15, 0.2) is 0 Å². The van der Waals surface area contributed by atoms with Gasteiger partial charge in [-0.05, 0) is 32.0 Å². The monoisotopic (exact) mass is 248 g/mol. The zero-order valence-corrected chi connectivity index (χ0v) is 10.9. The maximum Gasteiger partial charge on any atom is 0.120 e. The topological polar surface area (TPSA) is 60.4 Å². The summed E-state index contributed by atoms with van der Waals surface area (Å²) in [5, 5.41) is 10.9. The van der Waals surface area contributed by atoms with Crippen molar-refractivity contribution in [2.45, 2.75) is 26.0 Å². The molecular weight excluding hydrogens is 228 g/mol. The summed E-state index contributed by atoms with van der Waals surface area (Å²) >= 11 is 0. The molecule has 1 aromatic heterocycles. The van der Waals surface area contributed by atoms with Gasteiger partial charge >= 0.3 is 0 Å². The number of aliphatic hydroxyl groups is 1. The molecule has 1 atom stereocenters. The van der Waals surface area contributed by atoms with Crippen molar-refractivity contribution in [1.29, 1.82) is 0 Å². The lowest BCUT2D eigenvalue weighted by atomic mass is 10.1. The zero-order chi connectivity index (χ0) is 13.1. The Hall–Kier alpha value is -1.52. The van der Waals surface area contributed by atoms with E-state index in [1.165, 1.54) is 0 Å². The number of aromatic nitrogens is 1. The van der Waals surface area contributed by atoms with Crippen LogP contribution >= 0.6 is 0 Å². The molecule has 3 N–H and O–H groups in total. The van der Waals surface area contributed by atoms with Crippen LogP contribution in [0.1, 0.15) is 25.0 Å². The predicted octanol–water partition coefficient (Wildman–Crippen LogP) is 2.05. The highest BCUT2D eigenvalue weighted by Gasteiger charge is 2.12.